The lowest BCUT2D eigenvalue weighted by Gasteiger charge is -2.00. The molecule has 0 aliphatic rings. The fraction of sp³-hybridized carbons (Fsp3) is 0.0769. The monoisotopic (exact) mass is 319 g/mol. The number of thiophene rings is 1. The number of halogens is 1. The van der Waals surface area contributed by atoms with E-state index in [1.54, 1.807) is 11.3 Å². The highest BCUT2D eigenvalue weighted by Gasteiger charge is 2.10. The molecular weight excluding hydrogens is 310 g/mol. The van der Waals surface area contributed by atoms with Crippen molar-refractivity contribution >= 4 is 27.3 Å². The molecule has 5 heteroatoms. The molecule has 0 bridgehead atoms. The predicted molar refractivity (Wildman–Crippen MR) is 77.6 cm³/mol. The smallest absolute Gasteiger partial charge is 0.182 e. The fourth-order valence-corrected chi connectivity index (χ4v) is 3.04. The van der Waals surface area contributed by atoms with Gasteiger partial charge in [0.05, 0.1) is 4.88 Å². The van der Waals surface area contributed by atoms with Gasteiger partial charge in [0.2, 0.25) is 0 Å². The molecule has 3 aromatic rings. The molecule has 0 amide bonds. The molecule has 0 radical (unpaired) electrons. The first-order valence-corrected chi connectivity index (χ1v) is 7.14. The molecule has 0 atom stereocenters. The lowest BCUT2D eigenvalue weighted by atomic mass is 10.1. The van der Waals surface area contributed by atoms with Gasteiger partial charge in [-0.2, -0.15) is 5.10 Å². The number of benzene rings is 1. The number of aryl methyl sites for hydroxylation is 1. The molecule has 0 fully saturated rings. The van der Waals surface area contributed by atoms with Crippen LogP contribution in [0.25, 0.3) is 22.1 Å². The zero-order chi connectivity index (χ0) is 12.5. The Labute approximate surface area is 117 Å². The largest absolute Gasteiger partial charge is 0.258 e. The zero-order valence-electron chi connectivity index (χ0n) is 9.64. The minimum Gasteiger partial charge on any atom is -0.258 e. The molecule has 1 aromatic carbocycles. The van der Waals surface area contributed by atoms with Gasteiger partial charge in [0.15, 0.2) is 11.6 Å². The molecule has 1 N–H and O–H groups in total. The number of H-pyrrole nitrogens is 1. The average Bonchev–Trinajstić information content (AvgIpc) is 2.99. The molecule has 3 nitrogen and oxygen atoms in total. The van der Waals surface area contributed by atoms with Gasteiger partial charge in [0, 0.05) is 10.0 Å². The molecule has 0 saturated carbocycles. The Kier molecular flexibility index (Phi) is 3.01. The van der Waals surface area contributed by atoms with Gasteiger partial charge in [-0.3, -0.25) is 5.10 Å². The first-order chi connectivity index (χ1) is 8.74. The Hall–Kier alpha value is -1.46. The van der Waals surface area contributed by atoms with E-state index in [2.05, 4.69) is 50.2 Å². The summed E-state index contributed by atoms with van der Waals surface area (Å²) in [5.74, 6) is 1.53. The molecule has 3 rings (SSSR count). The molecular formula is C13H10BrN3S. The van der Waals surface area contributed by atoms with Crippen molar-refractivity contribution in [3.05, 3.63) is 45.7 Å². The van der Waals surface area contributed by atoms with Crippen molar-refractivity contribution in [2.45, 2.75) is 6.92 Å². The summed E-state index contributed by atoms with van der Waals surface area (Å²) in [7, 11) is 0. The quantitative estimate of drug-likeness (QED) is 0.766. The summed E-state index contributed by atoms with van der Waals surface area (Å²) < 4.78 is 1.01. The van der Waals surface area contributed by atoms with Crippen molar-refractivity contribution in [1.82, 2.24) is 15.2 Å². The van der Waals surface area contributed by atoms with E-state index in [9.17, 15) is 0 Å². The lowest BCUT2D eigenvalue weighted by molar-refractivity contribution is 1.10. The minimum atomic E-state index is 0.713. The standard InChI is InChI=1S/C13H10BrN3S/c1-8-4-5-9(10(14)7-8)12-15-13(17-16-12)11-3-2-6-18-11/h2-7H,1H3,(H,15,16,17). The summed E-state index contributed by atoms with van der Waals surface area (Å²) in [4.78, 5) is 5.62. The second-order valence-corrected chi connectivity index (χ2v) is 5.77. The lowest BCUT2D eigenvalue weighted by Crippen LogP contribution is -1.84. The van der Waals surface area contributed by atoms with E-state index in [4.69, 9.17) is 0 Å². The average molecular weight is 320 g/mol. The predicted octanol–water partition coefficient (Wildman–Crippen LogP) is 4.27. The third-order valence-electron chi connectivity index (χ3n) is 2.61. The third-order valence-corrected chi connectivity index (χ3v) is 4.14. The third kappa shape index (κ3) is 2.11. The van der Waals surface area contributed by atoms with Crippen LogP contribution in [0.4, 0.5) is 0 Å². The van der Waals surface area contributed by atoms with E-state index in [1.165, 1.54) is 5.56 Å². The van der Waals surface area contributed by atoms with Gasteiger partial charge in [-0.25, -0.2) is 4.98 Å². The number of aromatic nitrogens is 3. The van der Waals surface area contributed by atoms with Gasteiger partial charge < -0.3 is 0 Å². The number of rotatable bonds is 2. The van der Waals surface area contributed by atoms with Crippen LogP contribution in [0.15, 0.2) is 40.2 Å². The minimum absolute atomic E-state index is 0.713. The number of aromatic amines is 1. The van der Waals surface area contributed by atoms with Crippen molar-refractivity contribution in [2.75, 3.05) is 0 Å². The van der Waals surface area contributed by atoms with E-state index in [0.29, 0.717) is 5.82 Å². The molecule has 0 unspecified atom stereocenters. The van der Waals surface area contributed by atoms with Gasteiger partial charge in [0.1, 0.15) is 0 Å². The summed E-state index contributed by atoms with van der Waals surface area (Å²) in [6, 6.07) is 10.2. The van der Waals surface area contributed by atoms with Crippen LogP contribution in [0.5, 0.6) is 0 Å². The van der Waals surface area contributed by atoms with Crippen LogP contribution < -0.4 is 0 Å². The molecule has 90 valence electrons. The van der Waals surface area contributed by atoms with Gasteiger partial charge in [-0.1, -0.05) is 28.1 Å². The first kappa shape index (κ1) is 11.6. The normalized spacial score (nSPS) is 10.8. The first-order valence-electron chi connectivity index (χ1n) is 5.47. The summed E-state index contributed by atoms with van der Waals surface area (Å²) in [6.07, 6.45) is 0. The number of nitrogens with one attached hydrogen (secondary N) is 1. The van der Waals surface area contributed by atoms with Crippen molar-refractivity contribution in [3.63, 3.8) is 0 Å². The summed E-state index contributed by atoms with van der Waals surface area (Å²) in [5, 5.41) is 9.28. The fourth-order valence-electron chi connectivity index (χ4n) is 1.71. The van der Waals surface area contributed by atoms with Gasteiger partial charge in [0.25, 0.3) is 0 Å². The molecule has 0 aliphatic heterocycles. The highest BCUT2D eigenvalue weighted by Crippen LogP contribution is 2.28. The van der Waals surface area contributed by atoms with Crippen molar-refractivity contribution in [3.8, 4) is 22.1 Å². The maximum absolute atomic E-state index is 4.53. The van der Waals surface area contributed by atoms with Crippen LogP contribution in [0, 0.1) is 6.92 Å². The van der Waals surface area contributed by atoms with Crippen LogP contribution in [0.2, 0.25) is 0 Å². The van der Waals surface area contributed by atoms with E-state index in [1.807, 2.05) is 23.6 Å². The highest BCUT2D eigenvalue weighted by atomic mass is 79.9. The maximum atomic E-state index is 4.53. The van der Waals surface area contributed by atoms with E-state index >= 15 is 0 Å². The van der Waals surface area contributed by atoms with E-state index in [0.717, 1.165) is 20.7 Å². The molecule has 0 spiro atoms. The summed E-state index contributed by atoms with van der Waals surface area (Å²) >= 11 is 5.20. The topological polar surface area (TPSA) is 41.6 Å². The highest BCUT2D eigenvalue weighted by molar-refractivity contribution is 9.10. The second kappa shape index (κ2) is 4.66. The molecule has 18 heavy (non-hydrogen) atoms. The van der Waals surface area contributed by atoms with E-state index < -0.39 is 0 Å². The maximum Gasteiger partial charge on any atom is 0.182 e. The van der Waals surface area contributed by atoms with E-state index in [-0.39, 0.29) is 0 Å². The van der Waals surface area contributed by atoms with Crippen molar-refractivity contribution in [2.24, 2.45) is 0 Å². The number of hydrogen-bond donors (Lipinski definition) is 1. The second-order valence-electron chi connectivity index (χ2n) is 3.97. The van der Waals surface area contributed by atoms with Gasteiger partial charge >= 0.3 is 0 Å². The molecule has 2 aromatic heterocycles. The SMILES string of the molecule is Cc1ccc(-c2n[nH]c(-c3cccs3)n2)c(Br)c1. The molecule has 2 heterocycles. The Balaban J connectivity index is 2.03. The Bertz CT molecular complexity index is 673. The number of nitrogens with zero attached hydrogens (tertiary/aromatic N) is 2. The number of hydrogen-bond acceptors (Lipinski definition) is 3. The van der Waals surface area contributed by atoms with Crippen LogP contribution in [-0.2, 0) is 0 Å². The van der Waals surface area contributed by atoms with Crippen LogP contribution >= 0.6 is 27.3 Å². The Morgan fingerprint density at radius 3 is 2.89 bits per heavy atom. The van der Waals surface area contributed by atoms with Crippen LogP contribution in [0.3, 0.4) is 0 Å². The Morgan fingerprint density at radius 1 is 1.28 bits per heavy atom. The molecule has 0 aliphatic carbocycles. The van der Waals surface area contributed by atoms with Crippen LogP contribution in [0.1, 0.15) is 5.56 Å². The van der Waals surface area contributed by atoms with Crippen LogP contribution in [-0.4, -0.2) is 15.2 Å². The Morgan fingerprint density at radius 2 is 2.17 bits per heavy atom. The van der Waals surface area contributed by atoms with Crippen molar-refractivity contribution < 1.29 is 0 Å². The zero-order valence-corrected chi connectivity index (χ0v) is 12.0. The van der Waals surface area contributed by atoms with Crippen molar-refractivity contribution in [1.29, 1.82) is 0 Å². The summed E-state index contributed by atoms with van der Waals surface area (Å²) in [5.41, 5.74) is 2.21. The molecule has 0 saturated heterocycles. The summed E-state index contributed by atoms with van der Waals surface area (Å²) in [6.45, 7) is 2.06. The van der Waals surface area contributed by atoms with Gasteiger partial charge in [-0.05, 0) is 36.1 Å². The van der Waals surface area contributed by atoms with Gasteiger partial charge in [-0.15, -0.1) is 11.3 Å².